The lowest BCUT2D eigenvalue weighted by molar-refractivity contribution is -0.129. The highest BCUT2D eigenvalue weighted by molar-refractivity contribution is 9.10. The monoisotopic (exact) mass is 401 g/mol. The number of ether oxygens (including phenoxy) is 2. The maximum Gasteiger partial charge on any atom is 0.266 e. The van der Waals surface area contributed by atoms with Crippen molar-refractivity contribution in [2.45, 2.75) is 12.5 Å². The van der Waals surface area contributed by atoms with Crippen molar-refractivity contribution in [3.8, 4) is 17.2 Å². The molecule has 1 amide bonds. The van der Waals surface area contributed by atoms with Crippen LogP contribution in [0.15, 0.2) is 39.8 Å². The van der Waals surface area contributed by atoms with Gasteiger partial charge in [-0.15, -0.1) is 0 Å². The quantitative estimate of drug-likeness (QED) is 0.796. The van der Waals surface area contributed by atoms with Gasteiger partial charge in [-0.3, -0.25) is 9.69 Å². The second-order valence-electron chi connectivity index (χ2n) is 6.06. The summed E-state index contributed by atoms with van der Waals surface area (Å²) in [5.41, 5.74) is 6.88. The fraction of sp³-hybridized carbons (Fsp3) is 0.222. The zero-order valence-corrected chi connectivity index (χ0v) is 15.5. The average molecular weight is 402 g/mol. The number of nitrogens with zero attached hydrogens (tertiary/aromatic N) is 2. The zero-order valence-electron chi connectivity index (χ0n) is 14.0. The van der Waals surface area contributed by atoms with Crippen molar-refractivity contribution in [1.29, 1.82) is 0 Å². The van der Waals surface area contributed by atoms with Gasteiger partial charge >= 0.3 is 0 Å². The van der Waals surface area contributed by atoms with E-state index in [1.165, 1.54) is 4.90 Å². The van der Waals surface area contributed by atoms with Crippen LogP contribution in [0.3, 0.4) is 0 Å². The van der Waals surface area contributed by atoms with Crippen molar-refractivity contribution in [3.05, 3.63) is 51.5 Å². The Hall–Kier alpha value is -2.54. The van der Waals surface area contributed by atoms with E-state index in [0.29, 0.717) is 28.4 Å². The number of fused-ring (bicyclic) bond motifs is 4. The predicted molar refractivity (Wildman–Crippen MR) is 97.1 cm³/mol. The zero-order chi connectivity index (χ0) is 17.9. The fourth-order valence-electron chi connectivity index (χ4n) is 3.43. The Kier molecular flexibility index (Phi) is 3.34. The molecule has 0 aromatic heterocycles. The van der Waals surface area contributed by atoms with E-state index < -0.39 is 5.54 Å². The summed E-state index contributed by atoms with van der Waals surface area (Å²) < 4.78 is 12.4. The minimum atomic E-state index is -1.25. The van der Waals surface area contributed by atoms with E-state index in [2.05, 4.69) is 20.9 Å². The Morgan fingerprint density at radius 2 is 2.04 bits per heavy atom. The SMILES string of the molecule is COc1ccc2c(c1C)Oc1ccc(Br)cc1C21N=C(N)N(C)C1=O. The molecule has 4 rings (SSSR count). The number of carbonyl (C=O) groups excluding carboxylic acids is 1. The van der Waals surface area contributed by atoms with Crippen LogP contribution in [0.1, 0.15) is 16.7 Å². The highest BCUT2D eigenvalue weighted by Crippen LogP contribution is 2.54. The van der Waals surface area contributed by atoms with Crippen LogP contribution in [0.2, 0.25) is 0 Å². The molecule has 2 N–H and O–H groups in total. The van der Waals surface area contributed by atoms with Gasteiger partial charge in [0.2, 0.25) is 5.54 Å². The number of halogens is 1. The first-order valence-electron chi connectivity index (χ1n) is 7.69. The number of nitrogens with two attached hydrogens (primary N) is 1. The Morgan fingerprint density at radius 1 is 1.28 bits per heavy atom. The maximum absolute atomic E-state index is 13.2. The first kappa shape index (κ1) is 16.0. The van der Waals surface area contributed by atoms with Gasteiger partial charge in [0.25, 0.3) is 5.91 Å². The van der Waals surface area contributed by atoms with Crippen LogP contribution in [-0.2, 0) is 10.3 Å². The molecule has 7 heteroatoms. The Bertz CT molecular complexity index is 957. The number of hydrogen-bond donors (Lipinski definition) is 1. The molecule has 25 heavy (non-hydrogen) atoms. The second kappa shape index (κ2) is 5.23. The molecular weight excluding hydrogens is 386 g/mol. The number of amides is 1. The molecule has 0 fully saturated rings. The van der Waals surface area contributed by atoms with Gasteiger partial charge in [-0.25, -0.2) is 4.99 Å². The molecule has 2 aromatic rings. The molecule has 128 valence electrons. The van der Waals surface area contributed by atoms with Gasteiger partial charge < -0.3 is 15.2 Å². The van der Waals surface area contributed by atoms with Gasteiger partial charge in [0, 0.05) is 28.2 Å². The van der Waals surface area contributed by atoms with Crippen LogP contribution < -0.4 is 15.2 Å². The third-order valence-corrected chi connectivity index (χ3v) is 5.24. The minimum absolute atomic E-state index is 0.178. The summed E-state index contributed by atoms with van der Waals surface area (Å²) in [6, 6.07) is 9.17. The van der Waals surface area contributed by atoms with Gasteiger partial charge in [0.05, 0.1) is 7.11 Å². The number of benzene rings is 2. The van der Waals surface area contributed by atoms with Crippen molar-refractivity contribution in [2.75, 3.05) is 14.2 Å². The fourth-order valence-corrected chi connectivity index (χ4v) is 3.79. The smallest absolute Gasteiger partial charge is 0.266 e. The van der Waals surface area contributed by atoms with E-state index in [0.717, 1.165) is 10.0 Å². The van der Waals surface area contributed by atoms with Crippen molar-refractivity contribution in [1.82, 2.24) is 4.90 Å². The second-order valence-corrected chi connectivity index (χ2v) is 6.97. The van der Waals surface area contributed by atoms with Gasteiger partial charge in [-0.2, -0.15) is 0 Å². The standard InChI is InChI=1S/C18H16BrN3O3/c1-9-13(24-3)7-5-11-15(9)25-14-6-4-10(19)8-12(14)18(11)16(23)22(2)17(20)21-18/h4-8H,1-3H3,(H2,20,21). The van der Waals surface area contributed by atoms with Crippen LogP contribution in [0, 0.1) is 6.92 Å². The van der Waals surface area contributed by atoms with Gasteiger partial charge in [0.1, 0.15) is 17.2 Å². The van der Waals surface area contributed by atoms with Crippen LogP contribution in [0.4, 0.5) is 0 Å². The molecule has 1 unspecified atom stereocenters. The van der Waals surface area contributed by atoms with Gasteiger partial charge in [0.15, 0.2) is 5.96 Å². The molecule has 2 heterocycles. The van der Waals surface area contributed by atoms with Crippen LogP contribution in [0.5, 0.6) is 17.2 Å². The molecule has 2 aliphatic rings. The Balaban J connectivity index is 2.10. The molecule has 6 nitrogen and oxygen atoms in total. The van der Waals surface area contributed by atoms with Crippen LogP contribution in [0.25, 0.3) is 0 Å². The van der Waals surface area contributed by atoms with Crippen molar-refractivity contribution < 1.29 is 14.3 Å². The summed E-state index contributed by atoms with van der Waals surface area (Å²) in [6.45, 7) is 1.89. The molecule has 1 atom stereocenters. The van der Waals surface area contributed by atoms with E-state index in [9.17, 15) is 4.79 Å². The highest BCUT2D eigenvalue weighted by atomic mass is 79.9. The highest BCUT2D eigenvalue weighted by Gasteiger charge is 2.54. The average Bonchev–Trinajstić information content (AvgIpc) is 2.82. The number of aliphatic imine (C=N–C) groups is 1. The molecule has 0 radical (unpaired) electrons. The Labute approximate surface area is 153 Å². The topological polar surface area (TPSA) is 77.2 Å². The number of likely N-dealkylation sites (N-methyl/N-ethyl adjacent to an activating group) is 1. The molecular formula is C18H16BrN3O3. The van der Waals surface area contributed by atoms with Crippen molar-refractivity contribution >= 4 is 27.8 Å². The van der Waals surface area contributed by atoms with Crippen molar-refractivity contribution in [2.24, 2.45) is 10.7 Å². The van der Waals surface area contributed by atoms with E-state index >= 15 is 0 Å². The summed E-state index contributed by atoms with van der Waals surface area (Å²) in [4.78, 5) is 19.2. The summed E-state index contributed by atoms with van der Waals surface area (Å²) >= 11 is 3.47. The third kappa shape index (κ3) is 1.96. The molecule has 0 aliphatic carbocycles. The van der Waals surface area contributed by atoms with Gasteiger partial charge in [-0.05, 0) is 37.3 Å². The number of guanidine groups is 1. The summed E-state index contributed by atoms with van der Waals surface area (Å²) in [6.07, 6.45) is 0. The van der Waals surface area contributed by atoms with Crippen LogP contribution in [-0.4, -0.2) is 30.9 Å². The molecule has 0 bridgehead atoms. The van der Waals surface area contributed by atoms with E-state index in [1.54, 1.807) is 14.2 Å². The molecule has 1 spiro atoms. The first-order valence-corrected chi connectivity index (χ1v) is 8.49. The lowest BCUT2D eigenvalue weighted by Crippen LogP contribution is -2.42. The lowest BCUT2D eigenvalue weighted by Gasteiger charge is -2.34. The third-order valence-electron chi connectivity index (χ3n) is 4.75. The summed E-state index contributed by atoms with van der Waals surface area (Å²) in [5.74, 6) is 1.81. The number of rotatable bonds is 1. The first-order chi connectivity index (χ1) is 11.9. The summed E-state index contributed by atoms with van der Waals surface area (Å²) in [5, 5.41) is 0. The number of hydrogen-bond acceptors (Lipinski definition) is 5. The number of methoxy groups -OCH3 is 1. The normalized spacial score (nSPS) is 20.9. The molecule has 0 saturated heterocycles. The Morgan fingerprint density at radius 3 is 2.68 bits per heavy atom. The molecule has 2 aromatic carbocycles. The van der Waals surface area contributed by atoms with E-state index in [1.807, 2.05) is 37.3 Å². The maximum atomic E-state index is 13.2. The van der Waals surface area contributed by atoms with E-state index in [4.69, 9.17) is 15.2 Å². The molecule has 0 saturated carbocycles. The minimum Gasteiger partial charge on any atom is -0.496 e. The predicted octanol–water partition coefficient (Wildman–Crippen LogP) is 2.90. The summed E-state index contributed by atoms with van der Waals surface area (Å²) in [7, 11) is 3.22. The number of carbonyl (C=O) groups is 1. The van der Waals surface area contributed by atoms with Gasteiger partial charge in [-0.1, -0.05) is 15.9 Å². The van der Waals surface area contributed by atoms with Crippen LogP contribution >= 0.6 is 15.9 Å². The van der Waals surface area contributed by atoms with E-state index in [-0.39, 0.29) is 11.9 Å². The lowest BCUT2D eigenvalue weighted by atomic mass is 9.79. The molecule has 2 aliphatic heterocycles. The largest absolute Gasteiger partial charge is 0.496 e. The van der Waals surface area contributed by atoms with Crippen molar-refractivity contribution in [3.63, 3.8) is 0 Å².